The Labute approximate surface area is 89.7 Å². The fourth-order valence-corrected chi connectivity index (χ4v) is 1.73. The van der Waals surface area contributed by atoms with Crippen LogP contribution in [0.5, 0.6) is 0 Å². The fourth-order valence-electron chi connectivity index (χ4n) is 1.73. The third kappa shape index (κ3) is 1.15. The minimum atomic E-state index is -0.946. The van der Waals surface area contributed by atoms with Gasteiger partial charge in [-0.05, 0) is 18.2 Å². The van der Waals surface area contributed by atoms with Gasteiger partial charge in [-0.15, -0.1) is 0 Å². The molecule has 0 aliphatic carbocycles. The van der Waals surface area contributed by atoms with Crippen molar-refractivity contribution in [1.82, 2.24) is 15.2 Å². The van der Waals surface area contributed by atoms with Crippen LogP contribution in [0.4, 0.5) is 0 Å². The summed E-state index contributed by atoms with van der Waals surface area (Å²) in [4.78, 5) is 15.1. The number of fused-ring (bicyclic) bond motifs is 3. The maximum Gasteiger partial charge on any atom is 0.335 e. The largest absolute Gasteiger partial charge is 0.478 e. The van der Waals surface area contributed by atoms with Gasteiger partial charge in [0, 0.05) is 17.0 Å². The second kappa shape index (κ2) is 3.03. The topological polar surface area (TPSA) is 78.9 Å². The minimum Gasteiger partial charge on any atom is -0.478 e. The molecule has 0 atom stereocenters. The number of pyridine rings is 1. The molecule has 0 aliphatic heterocycles. The van der Waals surface area contributed by atoms with E-state index in [1.807, 2.05) is 0 Å². The van der Waals surface area contributed by atoms with Crippen molar-refractivity contribution in [3.63, 3.8) is 0 Å². The number of hydrogen-bond donors (Lipinski definition) is 2. The molecule has 5 heteroatoms. The van der Waals surface area contributed by atoms with Crippen LogP contribution in [0.1, 0.15) is 10.4 Å². The van der Waals surface area contributed by atoms with Crippen LogP contribution in [0.25, 0.3) is 21.8 Å². The molecule has 0 bridgehead atoms. The third-order valence-electron chi connectivity index (χ3n) is 2.52. The lowest BCUT2D eigenvalue weighted by Crippen LogP contribution is -1.95. The number of nitrogens with zero attached hydrogens (tertiary/aromatic N) is 2. The molecule has 3 rings (SSSR count). The van der Waals surface area contributed by atoms with Crippen molar-refractivity contribution in [2.24, 2.45) is 0 Å². The molecule has 0 amide bonds. The van der Waals surface area contributed by atoms with Gasteiger partial charge in [0.25, 0.3) is 0 Å². The van der Waals surface area contributed by atoms with E-state index in [-0.39, 0.29) is 5.56 Å². The van der Waals surface area contributed by atoms with E-state index in [1.165, 1.54) is 0 Å². The Bertz CT molecular complexity index is 703. The SMILES string of the molecule is O=C(O)c1ccc2ncc3cn[nH]c3c2c1. The van der Waals surface area contributed by atoms with Gasteiger partial charge in [-0.3, -0.25) is 10.1 Å². The van der Waals surface area contributed by atoms with Crippen LogP contribution in [-0.2, 0) is 0 Å². The van der Waals surface area contributed by atoms with Gasteiger partial charge in [0.1, 0.15) is 0 Å². The number of aromatic nitrogens is 3. The quantitative estimate of drug-likeness (QED) is 0.646. The van der Waals surface area contributed by atoms with E-state index in [0.717, 1.165) is 21.8 Å². The van der Waals surface area contributed by atoms with Gasteiger partial charge in [0.15, 0.2) is 0 Å². The first kappa shape index (κ1) is 8.84. The van der Waals surface area contributed by atoms with Crippen molar-refractivity contribution in [3.05, 3.63) is 36.2 Å². The molecule has 78 valence electrons. The summed E-state index contributed by atoms with van der Waals surface area (Å²) in [5.74, 6) is -0.946. The van der Waals surface area contributed by atoms with E-state index in [2.05, 4.69) is 15.2 Å². The Morgan fingerprint density at radius 3 is 3.00 bits per heavy atom. The molecule has 1 aromatic carbocycles. The summed E-state index contributed by atoms with van der Waals surface area (Å²) in [6.07, 6.45) is 3.37. The van der Waals surface area contributed by atoms with Crippen LogP contribution in [0.3, 0.4) is 0 Å². The molecular weight excluding hydrogens is 206 g/mol. The summed E-state index contributed by atoms with van der Waals surface area (Å²) >= 11 is 0. The minimum absolute atomic E-state index is 0.247. The van der Waals surface area contributed by atoms with Crippen molar-refractivity contribution in [3.8, 4) is 0 Å². The molecular formula is C11H7N3O2. The van der Waals surface area contributed by atoms with Gasteiger partial charge < -0.3 is 5.11 Å². The average Bonchev–Trinajstić information content (AvgIpc) is 2.76. The molecule has 3 aromatic rings. The maximum atomic E-state index is 10.9. The molecule has 0 saturated carbocycles. The molecule has 0 radical (unpaired) electrons. The van der Waals surface area contributed by atoms with Crippen molar-refractivity contribution < 1.29 is 9.90 Å². The van der Waals surface area contributed by atoms with Gasteiger partial charge >= 0.3 is 5.97 Å². The molecule has 0 aliphatic rings. The maximum absolute atomic E-state index is 10.9. The number of carboxylic acid groups (broad SMARTS) is 1. The monoisotopic (exact) mass is 213 g/mol. The molecule has 2 N–H and O–H groups in total. The number of benzene rings is 1. The second-order valence-corrected chi connectivity index (χ2v) is 3.50. The number of aromatic carboxylic acids is 1. The summed E-state index contributed by atoms with van der Waals surface area (Å²) < 4.78 is 0. The zero-order valence-electron chi connectivity index (χ0n) is 8.14. The normalized spacial score (nSPS) is 11.0. The van der Waals surface area contributed by atoms with Gasteiger partial charge in [0.2, 0.25) is 0 Å². The van der Waals surface area contributed by atoms with Crippen LogP contribution in [-0.4, -0.2) is 26.3 Å². The Kier molecular flexibility index (Phi) is 1.67. The number of nitrogens with one attached hydrogen (secondary N) is 1. The fraction of sp³-hybridized carbons (Fsp3) is 0. The lowest BCUT2D eigenvalue weighted by Gasteiger charge is -2.00. The summed E-state index contributed by atoms with van der Waals surface area (Å²) in [6.45, 7) is 0. The van der Waals surface area contributed by atoms with E-state index < -0.39 is 5.97 Å². The first-order valence-corrected chi connectivity index (χ1v) is 4.71. The number of aromatic amines is 1. The zero-order valence-corrected chi connectivity index (χ0v) is 8.14. The van der Waals surface area contributed by atoms with E-state index >= 15 is 0 Å². The van der Waals surface area contributed by atoms with Crippen LogP contribution < -0.4 is 0 Å². The number of hydrogen-bond acceptors (Lipinski definition) is 3. The third-order valence-corrected chi connectivity index (χ3v) is 2.52. The Morgan fingerprint density at radius 2 is 2.19 bits per heavy atom. The standard InChI is InChI=1S/C11H7N3O2/c15-11(16)6-1-2-9-8(3-6)10-7(4-12-9)5-13-14-10/h1-5H,(H,13,14)(H,15,16). The molecule has 0 saturated heterocycles. The Morgan fingerprint density at radius 1 is 1.31 bits per heavy atom. The Hall–Kier alpha value is -2.43. The molecule has 5 nitrogen and oxygen atoms in total. The average molecular weight is 213 g/mol. The highest BCUT2D eigenvalue weighted by molar-refractivity contribution is 6.05. The lowest BCUT2D eigenvalue weighted by atomic mass is 10.1. The highest BCUT2D eigenvalue weighted by atomic mass is 16.4. The highest BCUT2D eigenvalue weighted by Crippen LogP contribution is 2.22. The first-order valence-electron chi connectivity index (χ1n) is 4.71. The van der Waals surface area contributed by atoms with Gasteiger partial charge in [-0.1, -0.05) is 0 Å². The van der Waals surface area contributed by atoms with E-state index in [4.69, 9.17) is 5.11 Å². The zero-order chi connectivity index (χ0) is 11.1. The summed E-state index contributed by atoms with van der Waals surface area (Å²) in [7, 11) is 0. The number of H-pyrrole nitrogens is 1. The first-order chi connectivity index (χ1) is 7.75. The van der Waals surface area contributed by atoms with Crippen LogP contribution in [0.2, 0.25) is 0 Å². The molecule has 2 heterocycles. The van der Waals surface area contributed by atoms with Crippen molar-refractivity contribution >= 4 is 27.8 Å². The predicted octanol–water partition coefficient (Wildman–Crippen LogP) is 1.81. The number of rotatable bonds is 1. The summed E-state index contributed by atoms with van der Waals surface area (Å²) in [5.41, 5.74) is 1.81. The van der Waals surface area contributed by atoms with Gasteiger partial charge in [-0.25, -0.2) is 4.79 Å². The van der Waals surface area contributed by atoms with Crippen molar-refractivity contribution in [2.45, 2.75) is 0 Å². The highest BCUT2D eigenvalue weighted by Gasteiger charge is 2.07. The smallest absolute Gasteiger partial charge is 0.335 e. The van der Waals surface area contributed by atoms with E-state index in [1.54, 1.807) is 30.6 Å². The molecule has 0 unspecified atom stereocenters. The van der Waals surface area contributed by atoms with E-state index in [9.17, 15) is 4.79 Å². The van der Waals surface area contributed by atoms with Crippen molar-refractivity contribution in [2.75, 3.05) is 0 Å². The van der Waals surface area contributed by atoms with Gasteiger partial charge in [0.05, 0.1) is 22.8 Å². The van der Waals surface area contributed by atoms with Gasteiger partial charge in [-0.2, -0.15) is 5.10 Å². The van der Waals surface area contributed by atoms with E-state index in [0.29, 0.717) is 0 Å². The number of carboxylic acids is 1. The van der Waals surface area contributed by atoms with Crippen LogP contribution in [0.15, 0.2) is 30.6 Å². The predicted molar refractivity (Wildman–Crippen MR) is 58.4 cm³/mol. The molecule has 0 spiro atoms. The number of carbonyl (C=O) groups is 1. The summed E-state index contributed by atoms with van der Waals surface area (Å²) in [5, 5.41) is 17.3. The summed E-state index contributed by atoms with van der Waals surface area (Å²) in [6, 6.07) is 4.84. The van der Waals surface area contributed by atoms with Crippen LogP contribution >= 0.6 is 0 Å². The molecule has 16 heavy (non-hydrogen) atoms. The molecule has 0 fully saturated rings. The Balaban J connectivity index is 2.46. The molecule has 2 aromatic heterocycles. The van der Waals surface area contributed by atoms with Crippen LogP contribution in [0, 0.1) is 0 Å². The van der Waals surface area contributed by atoms with Crippen molar-refractivity contribution in [1.29, 1.82) is 0 Å². The second-order valence-electron chi connectivity index (χ2n) is 3.50. The lowest BCUT2D eigenvalue weighted by molar-refractivity contribution is 0.0697.